The van der Waals surface area contributed by atoms with Crippen LogP contribution < -0.4 is 10.2 Å². The normalized spacial score (nSPS) is 14.7. The Hall–Kier alpha value is -1.06. The number of nitrogens with zero attached hydrogens (tertiary/aromatic N) is 1. The van der Waals surface area contributed by atoms with Crippen LogP contribution in [0.4, 0.5) is 5.69 Å². The summed E-state index contributed by atoms with van der Waals surface area (Å²) in [6.45, 7) is 4.39. The first-order chi connectivity index (χ1) is 7.33. The Morgan fingerprint density at radius 3 is 2.94 bits per heavy atom. The Balaban J connectivity index is 0.00000128. The standard InChI is InChI=1S/C12H16N2O.ClH/c1-2-12(15)14-8-7-13-9-10-5-3-4-6-11(10)14;/h3-6,13H,2,7-9H2,1H3;1H. The minimum absolute atomic E-state index is 0. The number of halogens is 1. The third kappa shape index (κ3) is 2.54. The molecule has 0 atom stereocenters. The Kier molecular flexibility index (Phi) is 4.77. The number of hydrogen-bond acceptors (Lipinski definition) is 2. The van der Waals surface area contributed by atoms with Crippen molar-refractivity contribution in [1.29, 1.82) is 0 Å². The fourth-order valence-corrected chi connectivity index (χ4v) is 1.91. The van der Waals surface area contributed by atoms with E-state index in [2.05, 4.69) is 11.4 Å². The van der Waals surface area contributed by atoms with Crippen LogP contribution in [0.2, 0.25) is 0 Å². The zero-order valence-corrected chi connectivity index (χ0v) is 10.2. The molecule has 1 amide bonds. The molecular formula is C12H17ClN2O. The van der Waals surface area contributed by atoms with Gasteiger partial charge < -0.3 is 10.2 Å². The van der Waals surface area contributed by atoms with E-state index in [0.717, 1.165) is 25.3 Å². The first-order valence-electron chi connectivity index (χ1n) is 5.42. The summed E-state index contributed by atoms with van der Waals surface area (Å²) in [5.41, 5.74) is 2.27. The minimum atomic E-state index is 0. The number of amides is 1. The van der Waals surface area contributed by atoms with Gasteiger partial charge in [0, 0.05) is 31.7 Å². The first-order valence-corrected chi connectivity index (χ1v) is 5.42. The second kappa shape index (κ2) is 5.87. The molecule has 0 spiro atoms. The number of carbonyl (C=O) groups excluding carboxylic acids is 1. The Bertz CT molecular complexity index is 368. The van der Waals surface area contributed by atoms with Gasteiger partial charge in [-0.3, -0.25) is 4.79 Å². The molecule has 0 radical (unpaired) electrons. The van der Waals surface area contributed by atoms with Crippen molar-refractivity contribution in [3.63, 3.8) is 0 Å². The van der Waals surface area contributed by atoms with Gasteiger partial charge in [0.25, 0.3) is 0 Å². The third-order valence-electron chi connectivity index (χ3n) is 2.71. The summed E-state index contributed by atoms with van der Waals surface area (Å²) < 4.78 is 0. The van der Waals surface area contributed by atoms with Gasteiger partial charge in [-0.2, -0.15) is 0 Å². The van der Waals surface area contributed by atoms with Crippen molar-refractivity contribution in [2.24, 2.45) is 0 Å². The summed E-state index contributed by atoms with van der Waals surface area (Å²) >= 11 is 0. The molecule has 0 fully saturated rings. The second-order valence-electron chi connectivity index (χ2n) is 3.70. The maximum atomic E-state index is 11.8. The summed E-state index contributed by atoms with van der Waals surface area (Å²) in [6.07, 6.45) is 0.564. The van der Waals surface area contributed by atoms with Crippen LogP contribution >= 0.6 is 12.4 Å². The van der Waals surface area contributed by atoms with Gasteiger partial charge in [0.15, 0.2) is 0 Å². The topological polar surface area (TPSA) is 32.3 Å². The van der Waals surface area contributed by atoms with Crippen molar-refractivity contribution in [3.05, 3.63) is 29.8 Å². The van der Waals surface area contributed by atoms with Crippen LogP contribution in [0, 0.1) is 0 Å². The summed E-state index contributed by atoms with van der Waals surface area (Å²) in [5.74, 6) is 0.200. The van der Waals surface area contributed by atoms with Crippen LogP contribution in [-0.2, 0) is 11.3 Å². The predicted octanol–water partition coefficient (Wildman–Crippen LogP) is 1.95. The molecule has 0 bridgehead atoms. The van der Waals surface area contributed by atoms with Crippen LogP contribution in [0.1, 0.15) is 18.9 Å². The summed E-state index contributed by atoms with van der Waals surface area (Å²) in [6, 6.07) is 8.10. The van der Waals surface area contributed by atoms with Crippen LogP contribution in [-0.4, -0.2) is 19.0 Å². The molecule has 1 heterocycles. The van der Waals surface area contributed by atoms with Gasteiger partial charge in [0.05, 0.1) is 0 Å². The maximum Gasteiger partial charge on any atom is 0.226 e. The molecule has 0 saturated heterocycles. The molecule has 4 heteroatoms. The maximum absolute atomic E-state index is 11.8. The number of fused-ring (bicyclic) bond motifs is 1. The van der Waals surface area contributed by atoms with Crippen LogP contribution in [0.5, 0.6) is 0 Å². The zero-order valence-electron chi connectivity index (χ0n) is 9.40. The molecule has 16 heavy (non-hydrogen) atoms. The molecule has 1 N–H and O–H groups in total. The zero-order chi connectivity index (χ0) is 10.7. The lowest BCUT2D eigenvalue weighted by molar-refractivity contribution is -0.118. The van der Waals surface area contributed by atoms with E-state index in [9.17, 15) is 4.79 Å². The molecule has 0 saturated carbocycles. The average Bonchev–Trinajstić information content (AvgIpc) is 2.50. The van der Waals surface area contributed by atoms with Crippen molar-refractivity contribution < 1.29 is 4.79 Å². The van der Waals surface area contributed by atoms with E-state index >= 15 is 0 Å². The second-order valence-corrected chi connectivity index (χ2v) is 3.70. The molecule has 1 aliphatic rings. The van der Waals surface area contributed by atoms with Crippen molar-refractivity contribution in [2.45, 2.75) is 19.9 Å². The van der Waals surface area contributed by atoms with Gasteiger partial charge in [-0.25, -0.2) is 0 Å². The Morgan fingerprint density at radius 2 is 2.19 bits per heavy atom. The number of carbonyl (C=O) groups is 1. The average molecular weight is 241 g/mol. The molecule has 1 aromatic rings. The monoisotopic (exact) mass is 240 g/mol. The summed E-state index contributed by atoms with van der Waals surface area (Å²) in [4.78, 5) is 13.7. The van der Waals surface area contributed by atoms with E-state index in [1.165, 1.54) is 5.56 Å². The molecule has 1 aliphatic heterocycles. The highest BCUT2D eigenvalue weighted by Crippen LogP contribution is 2.22. The molecule has 2 rings (SSSR count). The SMILES string of the molecule is CCC(=O)N1CCNCc2ccccc21.Cl. The molecule has 3 nitrogen and oxygen atoms in total. The van der Waals surface area contributed by atoms with Gasteiger partial charge in [-0.05, 0) is 11.6 Å². The number of para-hydroxylation sites is 1. The van der Waals surface area contributed by atoms with Crippen molar-refractivity contribution in [2.75, 3.05) is 18.0 Å². The number of anilines is 1. The molecule has 0 unspecified atom stereocenters. The fourth-order valence-electron chi connectivity index (χ4n) is 1.91. The molecule has 0 aromatic heterocycles. The van der Waals surface area contributed by atoms with Gasteiger partial charge in [-0.1, -0.05) is 25.1 Å². The van der Waals surface area contributed by atoms with E-state index in [0.29, 0.717) is 6.42 Å². The highest BCUT2D eigenvalue weighted by Gasteiger charge is 2.18. The molecule has 0 aliphatic carbocycles. The van der Waals surface area contributed by atoms with E-state index < -0.39 is 0 Å². The highest BCUT2D eigenvalue weighted by atomic mass is 35.5. The lowest BCUT2D eigenvalue weighted by atomic mass is 10.1. The van der Waals surface area contributed by atoms with Crippen molar-refractivity contribution >= 4 is 24.0 Å². The number of hydrogen-bond donors (Lipinski definition) is 1. The lowest BCUT2D eigenvalue weighted by Crippen LogP contribution is -2.34. The van der Waals surface area contributed by atoms with Gasteiger partial charge in [0.1, 0.15) is 0 Å². The predicted molar refractivity (Wildman–Crippen MR) is 68.0 cm³/mol. The minimum Gasteiger partial charge on any atom is -0.311 e. The summed E-state index contributed by atoms with van der Waals surface area (Å²) in [5, 5.41) is 3.32. The molecule has 88 valence electrons. The van der Waals surface area contributed by atoms with Crippen LogP contribution in [0.3, 0.4) is 0 Å². The quantitative estimate of drug-likeness (QED) is 0.814. The van der Waals surface area contributed by atoms with E-state index in [-0.39, 0.29) is 18.3 Å². The third-order valence-corrected chi connectivity index (χ3v) is 2.71. The Morgan fingerprint density at radius 1 is 1.44 bits per heavy atom. The number of benzene rings is 1. The van der Waals surface area contributed by atoms with Gasteiger partial charge in [-0.15, -0.1) is 12.4 Å². The molecular weight excluding hydrogens is 224 g/mol. The largest absolute Gasteiger partial charge is 0.311 e. The Labute approximate surface area is 102 Å². The van der Waals surface area contributed by atoms with E-state index in [4.69, 9.17) is 0 Å². The highest BCUT2D eigenvalue weighted by molar-refractivity contribution is 5.94. The number of nitrogens with one attached hydrogen (secondary N) is 1. The number of rotatable bonds is 1. The van der Waals surface area contributed by atoms with E-state index in [1.54, 1.807) is 0 Å². The van der Waals surface area contributed by atoms with E-state index in [1.807, 2.05) is 30.0 Å². The van der Waals surface area contributed by atoms with Crippen molar-refractivity contribution in [3.8, 4) is 0 Å². The van der Waals surface area contributed by atoms with Crippen LogP contribution in [0.25, 0.3) is 0 Å². The smallest absolute Gasteiger partial charge is 0.226 e. The molecule has 1 aromatic carbocycles. The van der Waals surface area contributed by atoms with Crippen LogP contribution in [0.15, 0.2) is 24.3 Å². The summed E-state index contributed by atoms with van der Waals surface area (Å²) in [7, 11) is 0. The van der Waals surface area contributed by atoms with Crippen molar-refractivity contribution in [1.82, 2.24) is 5.32 Å². The lowest BCUT2D eigenvalue weighted by Gasteiger charge is -2.21. The van der Waals surface area contributed by atoms with Gasteiger partial charge >= 0.3 is 0 Å². The fraction of sp³-hybridized carbons (Fsp3) is 0.417. The van der Waals surface area contributed by atoms with Gasteiger partial charge in [0.2, 0.25) is 5.91 Å². The first kappa shape index (κ1) is 13.0.